The number of aromatic nitrogens is 1. The van der Waals surface area contributed by atoms with Crippen molar-refractivity contribution in [1.82, 2.24) is 10.3 Å². The molecule has 1 N–H and O–H groups in total. The van der Waals surface area contributed by atoms with Crippen LogP contribution in [-0.2, 0) is 6.54 Å². The predicted octanol–water partition coefficient (Wildman–Crippen LogP) is 5.29. The summed E-state index contributed by atoms with van der Waals surface area (Å²) in [6, 6.07) is 9.73. The first kappa shape index (κ1) is 16.6. The van der Waals surface area contributed by atoms with Crippen LogP contribution in [0.4, 0.5) is 0 Å². The maximum atomic E-state index is 6.12. The first-order valence-electron chi connectivity index (χ1n) is 6.83. The Labute approximate surface area is 140 Å². The molecule has 0 aliphatic rings. The summed E-state index contributed by atoms with van der Waals surface area (Å²) in [4.78, 5) is 5.44. The second-order valence-corrected chi connectivity index (χ2v) is 7.13. The molecule has 0 saturated heterocycles. The van der Waals surface area contributed by atoms with Crippen LogP contribution in [0.15, 0.2) is 46.5 Å². The Hall–Kier alpha value is -0.740. The summed E-state index contributed by atoms with van der Waals surface area (Å²) in [5, 5.41) is 5.75. The van der Waals surface area contributed by atoms with Crippen molar-refractivity contribution in [2.24, 2.45) is 5.92 Å². The summed E-state index contributed by atoms with van der Waals surface area (Å²) >= 11 is 13.6. The van der Waals surface area contributed by atoms with Crippen LogP contribution in [0.1, 0.15) is 19.4 Å². The number of nitrogens with one attached hydrogen (secondary N) is 1. The summed E-state index contributed by atoms with van der Waals surface area (Å²) in [5.41, 5.74) is 1.22. The highest BCUT2D eigenvalue weighted by atomic mass is 35.5. The highest BCUT2D eigenvalue weighted by molar-refractivity contribution is 7.99. The van der Waals surface area contributed by atoms with Gasteiger partial charge in [-0.25, -0.2) is 4.98 Å². The van der Waals surface area contributed by atoms with Crippen LogP contribution < -0.4 is 5.32 Å². The van der Waals surface area contributed by atoms with Gasteiger partial charge in [-0.05, 0) is 42.3 Å². The smallest absolute Gasteiger partial charge is 0.101 e. The fourth-order valence-corrected chi connectivity index (χ4v) is 3.07. The third kappa shape index (κ3) is 5.51. The Balaban J connectivity index is 2.12. The lowest BCUT2D eigenvalue weighted by atomic mass is 10.2. The van der Waals surface area contributed by atoms with E-state index in [1.165, 1.54) is 5.56 Å². The third-order valence-electron chi connectivity index (χ3n) is 2.81. The largest absolute Gasteiger partial charge is 0.312 e. The van der Waals surface area contributed by atoms with Crippen molar-refractivity contribution in [3.8, 4) is 0 Å². The van der Waals surface area contributed by atoms with Gasteiger partial charge < -0.3 is 5.32 Å². The van der Waals surface area contributed by atoms with Crippen LogP contribution in [0.2, 0.25) is 10.0 Å². The van der Waals surface area contributed by atoms with Crippen LogP contribution >= 0.6 is 35.0 Å². The molecule has 0 unspecified atom stereocenters. The highest BCUT2D eigenvalue weighted by Gasteiger charge is 2.07. The molecule has 0 aliphatic heterocycles. The van der Waals surface area contributed by atoms with E-state index in [9.17, 15) is 0 Å². The van der Waals surface area contributed by atoms with Gasteiger partial charge in [0.05, 0.1) is 5.02 Å². The van der Waals surface area contributed by atoms with Crippen LogP contribution in [0.5, 0.6) is 0 Å². The summed E-state index contributed by atoms with van der Waals surface area (Å²) in [6.07, 6.45) is 1.66. The molecule has 1 heterocycles. The van der Waals surface area contributed by atoms with Crippen molar-refractivity contribution in [3.05, 3.63) is 52.1 Å². The van der Waals surface area contributed by atoms with Crippen molar-refractivity contribution >= 4 is 35.0 Å². The minimum absolute atomic E-state index is 0.631. The second-order valence-electron chi connectivity index (χ2n) is 5.19. The van der Waals surface area contributed by atoms with Crippen molar-refractivity contribution in [2.75, 3.05) is 6.54 Å². The van der Waals surface area contributed by atoms with Crippen molar-refractivity contribution in [2.45, 2.75) is 30.3 Å². The molecule has 0 amide bonds. The fourth-order valence-electron chi connectivity index (χ4n) is 1.80. The molecule has 0 radical (unpaired) electrons. The van der Waals surface area contributed by atoms with Crippen LogP contribution in [-0.4, -0.2) is 11.5 Å². The van der Waals surface area contributed by atoms with E-state index in [1.54, 1.807) is 18.0 Å². The maximum absolute atomic E-state index is 6.12. The molecule has 0 bridgehead atoms. The number of rotatable bonds is 6. The Morgan fingerprint density at radius 2 is 1.90 bits per heavy atom. The minimum atomic E-state index is 0.631. The molecule has 1 aromatic carbocycles. The van der Waals surface area contributed by atoms with Gasteiger partial charge in [0, 0.05) is 22.7 Å². The van der Waals surface area contributed by atoms with Crippen LogP contribution in [0, 0.1) is 5.92 Å². The molecular weight excluding hydrogens is 323 g/mol. The van der Waals surface area contributed by atoms with Crippen LogP contribution in [0.3, 0.4) is 0 Å². The van der Waals surface area contributed by atoms with Gasteiger partial charge in [-0.3, -0.25) is 0 Å². The molecule has 2 rings (SSSR count). The Kier molecular flexibility index (Phi) is 6.37. The van der Waals surface area contributed by atoms with E-state index in [1.807, 2.05) is 24.3 Å². The first-order valence-corrected chi connectivity index (χ1v) is 8.40. The molecule has 0 atom stereocenters. The molecule has 0 aliphatic carbocycles. The van der Waals surface area contributed by atoms with E-state index in [0.29, 0.717) is 10.9 Å². The van der Waals surface area contributed by atoms with E-state index >= 15 is 0 Å². The topological polar surface area (TPSA) is 24.9 Å². The summed E-state index contributed by atoms with van der Waals surface area (Å²) < 4.78 is 0. The van der Waals surface area contributed by atoms with Crippen molar-refractivity contribution in [3.63, 3.8) is 0 Å². The molecule has 112 valence electrons. The average Bonchev–Trinajstić information content (AvgIpc) is 2.43. The van der Waals surface area contributed by atoms with Gasteiger partial charge in [-0.1, -0.05) is 54.9 Å². The van der Waals surface area contributed by atoms with Gasteiger partial charge in [0.1, 0.15) is 5.03 Å². The lowest BCUT2D eigenvalue weighted by Crippen LogP contribution is -2.19. The van der Waals surface area contributed by atoms with Gasteiger partial charge in [0.25, 0.3) is 0 Å². The predicted molar refractivity (Wildman–Crippen MR) is 91.4 cm³/mol. The van der Waals surface area contributed by atoms with E-state index < -0.39 is 0 Å². The Morgan fingerprint density at radius 1 is 1.14 bits per heavy atom. The minimum Gasteiger partial charge on any atom is -0.312 e. The Bertz CT molecular complexity index is 585. The van der Waals surface area contributed by atoms with Gasteiger partial charge in [-0.15, -0.1) is 0 Å². The molecule has 2 nitrogen and oxygen atoms in total. The molecule has 5 heteroatoms. The lowest BCUT2D eigenvalue weighted by molar-refractivity contribution is 0.550. The quantitative estimate of drug-likeness (QED) is 0.773. The number of hydrogen-bond acceptors (Lipinski definition) is 3. The van der Waals surface area contributed by atoms with Crippen molar-refractivity contribution in [1.29, 1.82) is 0 Å². The molecule has 0 saturated carbocycles. The lowest BCUT2D eigenvalue weighted by Gasteiger charge is -2.12. The normalized spacial score (nSPS) is 11.1. The molecular formula is C16H18Cl2N2S. The van der Waals surface area contributed by atoms with Crippen molar-refractivity contribution < 1.29 is 0 Å². The number of pyridine rings is 1. The standard InChI is InChI=1S/C16H18Cl2N2S/c1-11(2)8-19-9-12-3-4-13(17)7-15(12)21-16-6-5-14(18)10-20-16/h3-7,10-11,19H,8-9H2,1-2H3. The molecule has 1 aromatic heterocycles. The highest BCUT2D eigenvalue weighted by Crippen LogP contribution is 2.31. The average molecular weight is 341 g/mol. The van der Waals surface area contributed by atoms with Crippen LogP contribution in [0.25, 0.3) is 0 Å². The van der Waals surface area contributed by atoms with Gasteiger partial charge in [-0.2, -0.15) is 0 Å². The zero-order valence-electron chi connectivity index (χ0n) is 12.1. The number of halogens is 2. The van der Waals surface area contributed by atoms with E-state index in [2.05, 4.69) is 30.2 Å². The number of benzene rings is 1. The zero-order valence-corrected chi connectivity index (χ0v) is 14.4. The zero-order chi connectivity index (χ0) is 15.2. The SMILES string of the molecule is CC(C)CNCc1ccc(Cl)cc1Sc1ccc(Cl)cn1. The first-order chi connectivity index (χ1) is 10.0. The monoisotopic (exact) mass is 340 g/mol. The second kappa shape index (κ2) is 8.04. The number of nitrogens with zero attached hydrogens (tertiary/aromatic N) is 1. The molecule has 2 aromatic rings. The number of hydrogen-bond donors (Lipinski definition) is 1. The van der Waals surface area contributed by atoms with Gasteiger partial charge >= 0.3 is 0 Å². The van der Waals surface area contributed by atoms with Gasteiger partial charge in [0.2, 0.25) is 0 Å². The third-order valence-corrected chi connectivity index (χ3v) is 4.32. The van der Waals surface area contributed by atoms with Gasteiger partial charge in [0.15, 0.2) is 0 Å². The summed E-state index contributed by atoms with van der Waals surface area (Å²) in [6.45, 7) is 6.21. The summed E-state index contributed by atoms with van der Waals surface area (Å²) in [5.74, 6) is 0.631. The summed E-state index contributed by atoms with van der Waals surface area (Å²) in [7, 11) is 0. The van der Waals surface area contributed by atoms with E-state index in [-0.39, 0.29) is 0 Å². The molecule has 21 heavy (non-hydrogen) atoms. The maximum Gasteiger partial charge on any atom is 0.101 e. The fraction of sp³-hybridized carbons (Fsp3) is 0.312. The molecule has 0 fully saturated rings. The van der Waals surface area contributed by atoms with E-state index in [0.717, 1.165) is 28.0 Å². The Morgan fingerprint density at radius 3 is 2.57 bits per heavy atom. The van der Waals surface area contributed by atoms with E-state index in [4.69, 9.17) is 23.2 Å². The molecule has 0 spiro atoms.